The van der Waals surface area contributed by atoms with Crippen molar-refractivity contribution in [3.63, 3.8) is 0 Å². The number of nitrogens with zero attached hydrogens (tertiary/aromatic N) is 1. The summed E-state index contributed by atoms with van der Waals surface area (Å²) in [5.74, 6) is 0. The lowest BCUT2D eigenvalue weighted by Gasteiger charge is -2.11. The van der Waals surface area contributed by atoms with Crippen molar-refractivity contribution >= 4 is 11.9 Å². The van der Waals surface area contributed by atoms with Crippen LogP contribution in [0.4, 0.5) is 0 Å². The lowest BCUT2D eigenvalue weighted by atomic mass is 10.2. The van der Waals surface area contributed by atoms with E-state index in [0.717, 1.165) is 6.54 Å². The van der Waals surface area contributed by atoms with Crippen LogP contribution in [0.3, 0.4) is 0 Å². The summed E-state index contributed by atoms with van der Waals surface area (Å²) in [5, 5.41) is 2.17. The first-order chi connectivity index (χ1) is 4.93. The fourth-order valence-corrected chi connectivity index (χ4v) is 1.77. The molecule has 0 radical (unpaired) electrons. The summed E-state index contributed by atoms with van der Waals surface area (Å²) in [6.07, 6.45) is 6.27. The first kappa shape index (κ1) is 8.15. The van der Waals surface area contributed by atoms with E-state index in [4.69, 9.17) is 0 Å². The Hall–Kier alpha value is 0.0500. The smallest absolute Gasteiger partial charge is 0.0282 e. The van der Waals surface area contributed by atoms with Gasteiger partial charge in [0.25, 0.3) is 0 Å². The molecule has 0 atom stereocenters. The molecule has 0 unspecified atom stereocenters. The average Bonchev–Trinajstić information content (AvgIpc) is 2.41. The summed E-state index contributed by atoms with van der Waals surface area (Å²) in [6, 6.07) is 0. The molecule has 0 aliphatic carbocycles. The SMILES string of the molecule is CCCCCN1CC=CS1. The molecule has 1 rings (SSSR count). The first-order valence-electron chi connectivity index (χ1n) is 4.00. The van der Waals surface area contributed by atoms with Crippen LogP contribution in [0, 0.1) is 0 Å². The maximum absolute atomic E-state index is 2.40. The van der Waals surface area contributed by atoms with E-state index in [0.29, 0.717) is 0 Å². The Morgan fingerprint density at radius 2 is 2.40 bits per heavy atom. The lowest BCUT2D eigenvalue weighted by molar-refractivity contribution is 0.497. The monoisotopic (exact) mass is 157 g/mol. The Balaban J connectivity index is 1.93. The summed E-state index contributed by atoms with van der Waals surface area (Å²) < 4.78 is 2.40. The Labute approximate surface area is 67.6 Å². The second-order valence-corrected chi connectivity index (χ2v) is 3.57. The molecule has 0 aromatic heterocycles. The Kier molecular flexibility index (Phi) is 3.91. The third-order valence-electron chi connectivity index (χ3n) is 1.63. The molecule has 1 aliphatic rings. The fraction of sp³-hybridized carbons (Fsp3) is 0.750. The third-order valence-corrected chi connectivity index (χ3v) is 2.57. The van der Waals surface area contributed by atoms with Gasteiger partial charge in [-0.3, -0.25) is 0 Å². The molecule has 58 valence electrons. The van der Waals surface area contributed by atoms with Crippen molar-refractivity contribution in [2.24, 2.45) is 0 Å². The molecule has 1 nitrogen and oxygen atoms in total. The van der Waals surface area contributed by atoms with Gasteiger partial charge in [-0.1, -0.05) is 37.8 Å². The molecule has 0 amide bonds. The zero-order chi connectivity index (χ0) is 7.23. The molecule has 0 fully saturated rings. The van der Waals surface area contributed by atoms with Crippen molar-refractivity contribution in [1.82, 2.24) is 4.31 Å². The second-order valence-electron chi connectivity index (χ2n) is 2.57. The van der Waals surface area contributed by atoms with E-state index in [1.165, 1.54) is 25.8 Å². The van der Waals surface area contributed by atoms with Crippen LogP contribution in [0.25, 0.3) is 0 Å². The van der Waals surface area contributed by atoms with Gasteiger partial charge in [-0.05, 0) is 11.8 Å². The van der Waals surface area contributed by atoms with Crippen molar-refractivity contribution in [1.29, 1.82) is 0 Å². The molecule has 0 N–H and O–H groups in total. The zero-order valence-corrected chi connectivity index (χ0v) is 7.36. The van der Waals surface area contributed by atoms with Crippen molar-refractivity contribution < 1.29 is 0 Å². The molecule has 2 heteroatoms. The minimum atomic E-state index is 1.15. The van der Waals surface area contributed by atoms with Crippen LogP contribution in [0.15, 0.2) is 11.5 Å². The molecule has 1 aliphatic heterocycles. The van der Waals surface area contributed by atoms with E-state index in [1.54, 1.807) is 0 Å². The standard InChI is InChI=1S/C8H15NS/c1-2-3-4-6-9-7-5-8-10-9/h5,8H,2-4,6-7H2,1H3. The molecule has 10 heavy (non-hydrogen) atoms. The normalized spacial score (nSPS) is 18.5. The van der Waals surface area contributed by atoms with Gasteiger partial charge < -0.3 is 0 Å². The van der Waals surface area contributed by atoms with Gasteiger partial charge >= 0.3 is 0 Å². The number of unbranched alkanes of at least 4 members (excludes halogenated alkanes) is 2. The average molecular weight is 157 g/mol. The van der Waals surface area contributed by atoms with Crippen molar-refractivity contribution in [3.05, 3.63) is 11.5 Å². The quantitative estimate of drug-likeness (QED) is 0.456. The summed E-state index contributed by atoms with van der Waals surface area (Å²) in [6.45, 7) is 4.65. The van der Waals surface area contributed by atoms with Gasteiger partial charge in [0.1, 0.15) is 0 Å². The van der Waals surface area contributed by atoms with E-state index >= 15 is 0 Å². The summed E-state index contributed by atoms with van der Waals surface area (Å²) in [5.41, 5.74) is 0. The molecule has 0 saturated heterocycles. The van der Waals surface area contributed by atoms with Gasteiger partial charge in [0.05, 0.1) is 0 Å². The predicted octanol–water partition coefficient (Wildman–Crippen LogP) is 2.65. The van der Waals surface area contributed by atoms with Crippen LogP contribution in [-0.2, 0) is 0 Å². The minimum absolute atomic E-state index is 1.15. The highest BCUT2D eigenvalue weighted by Gasteiger charge is 2.04. The number of hydrogen-bond donors (Lipinski definition) is 0. The molecule has 0 bridgehead atoms. The van der Waals surface area contributed by atoms with Crippen LogP contribution < -0.4 is 0 Å². The van der Waals surface area contributed by atoms with Crippen molar-refractivity contribution in [3.8, 4) is 0 Å². The highest BCUT2D eigenvalue weighted by Crippen LogP contribution is 2.18. The van der Waals surface area contributed by atoms with E-state index in [1.807, 2.05) is 11.9 Å². The zero-order valence-electron chi connectivity index (χ0n) is 6.55. The molecule has 1 heterocycles. The topological polar surface area (TPSA) is 3.24 Å². The van der Waals surface area contributed by atoms with Crippen LogP contribution in [0.1, 0.15) is 26.2 Å². The highest BCUT2D eigenvalue weighted by molar-refractivity contribution is 8.00. The maximum atomic E-state index is 2.40. The minimum Gasteiger partial charge on any atom is -0.243 e. The summed E-state index contributed by atoms with van der Waals surface area (Å²) in [7, 11) is 0. The van der Waals surface area contributed by atoms with Gasteiger partial charge in [-0.25, -0.2) is 4.31 Å². The first-order valence-corrected chi connectivity index (χ1v) is 4.84. The van der Waals surface area contributed by atoms with E-state index < -0.39 is 0 Å². The van der Waals surface area contributed by atoms with Crippen LogP contribution in [0.2, 0.25) is 0 Å². The van der Waals surface area contributed by atoms with Crippen LogP contribution in [0.5, 0.6) is 0 Å². The Morgan fingerprint density at radius 3 is 3.00 bits per heavy atom. The molecular weight excluding hydrogens is 142 g/mol. The van der Waals surface area contributed by atoms with Crippen LogP contribution in [-0.4, -0.2) is 17.4 Å². The van der Waals surface area contributed by atoms with Crippen LogP contribution >= 0.6 is 11.9 Å². The molecule has 0 aromatic carbocycles. The highest BCUT2D eigenvalue weighted by atomic mass is 32.2. The van der Waals surface area contributed by atoms with E-state index in [-0.39, 0.29) is 0 Å². The number of rotatable bonds is 4. The Morgan fingerprint density at radius 1 is 1.50 bits per heavy atom. The van der Waals surface area contributed by atoms with E-state index in [9.17, 15) is 0 Å². The molecule has 0 saturated carbocycles. The number of hydrogen-bond acceptors (Lipinski definition) is 2. The van der Waals surface area contributed by atoms with Gasteiger partial charge in [-0.15, -0.1) is 0 Å². The lowest BCUT2D eigenvalue weighted by Crippen LogP contribution is -2.12. The van der Waals surface area contributed by atoms with Crippen molar-refractivity contribution in [2.75, 3.05) is 13.1 Å². The van der Waals surface area contributed by atoms with Gasteiger partial charge in [-0.2, -0.15) is 0 Å². The summed E-state index contributed by atoms with van der Waals surface area (Å²) in [4.78, 5) is 0. The molecule has 0 spiro atoms. The third kappa shape index (κ3) is 2.76. The predicted molar refractivity (Wildman–Crippen MR) is 47.8 cm³/mol. The molecular formula is C8H15NS. The fourth-order valence-electron chi connectivity index (χ4n) is 1.01. The Bertz CT molecular complexity index is 104. The van der Waals surface area contributed by atoms with Gasteiger partial charge in [0, 0.05) is 13.1 Å². The molecule has 0 aromatic rings. The van der Waals surface area contributed by atoms with Gasteiger partial charge in [0.15, 0.2) is 0 Å². The summed E-state index contributed by atoms with van der Waals surface area (Å²) >= 11 is 1.85. The van der Waals surface area contributed by atoms with Crippen molar-refractivity contribution in [2.45, 2.75) is 26.2 Å². The van der Waals surface area contributed by atoms with E-state index in [2.05, 4.69) is 22.7 Å². The van der Waals surface area contributed by atoms with Gasteiger partial charge in [0.2, 0.25) is 0 Å². The largest absolute Gasteiger partial charge is 0.243 e. The second kappa shape index (κ2) is 4.80. The maximum Gasteiger partial charge on any atom is 0.0282 e.